The van der Waals surface area contributed by atoms with Crippen molar-refractivity contribution < 1.29 is 14.3 Å². The summed E-state index contributed by atoms with van der Waals surface area (Å²) in [4.78, 5) is 30.3. The molecule has 0 aromatic carbocycles. The Hall–Kier alpha value is -2.74. The highest BCUT2D eigenvalue weighted by atomic mass is 16.5. The van der Waals surface area contributed by atoms with Crippen LogP contribution in [-0.4, -0.2) is 57.8 Å². The van der Waals surface area contributed by atoms with E-state index in [1.165, 1.54) is 0 Å². The quantitative estimate of drug-likeness (QED) is 0.847. The summed E-state index contributed by atoms with van der Waals surface area (Å²) in [5.74, 6) is -0.290. The van der Waals surface area contributed by atoms with Crippen molar-refractivity contribution in [2.75, 3.05) is 26.3 Å². The Kier molecular flexibility index (Phi) is 5.39. The highest BCUT2D eigenvalue weighted by Gasteiger charge is 2.22. The fraction of sp³-hybridized carbons (Fsp3) is 0.412. The first-order valence-corrected chi connectivity index (χ1v) is 8.20. The summed E-state index contributed by atoms with van der Waals surface area (Å²) in [7, 11) is 0. The minimum absolute atomic E-state index is 0.0719. The van der Waals surface area contributed by atoms with Gasteiger partial charge in [0.25, 0.3) is 5.91 Å². The Morgan fingerprint density at radius 2 is 2.12 bits per heavy atom. The zero-order chi connectivity index (χ0) is 17.6. The monoisotopic (exact) mass is 343 g/mol. The van der Waals surface area contributed by atoms with Crippen molar-refractivity contribution in [2.45, 2.75) is 20.0 Å². The van der Waals surface area contributed by atoms with Gasteiger partial charge in [-0.05, 0) is 24.6 Å². The van der Waals surface area contributed by atoms with E-state index in [1.807, 2.05) is 19.1 Å². The van der Waals surface area contributed by atoms with Gasteiger partial charge >= 0.3 is 0 Å². The van der Waals surface area contributed by atoms with Crippen molar-refractivity contribution in [1.82, 2.24) is 25.0 Å². The maximum absolute atomic E-state index is 12.4. The molecule has 132 valence electrons. The number of morpholine rings is 1. The first kappa shape index (κ1) is 17.1. The molecule has 2 amide bonds. The number of hydrogen-bond acceptors (Lipinski definition) is 5. The second-order valence-electron chi connectivity index (χ2n) is 5.87. The van der Waals surface area contributed by atoms with Gasteiger partial charge in [-0.2, -0.15) is 5.10 Å². The second kappa shape index (κ2) is 7.89. The molecule has 0 aliphatic carbocycles. The Balaban J connectivity index is 1.58. The van der Waals surface area contributed by atoms with E-state index < -0.39 is 0 Å². The van der Waals surface area contributed by atoms with Gasteiger partial charge in [0, 0.05) is 37.7 Å². The number of carbonyl (C=O) groups excluding carboxylic acids is 2. The first-order chi connectivity index (χ1) is 12.1. The van der Waals surface area contributed by atoms with Crippen LogP contribution in [0.25, 0.3) is 0 Å². The lowest BCUT2D eigenvalue weighted by Gasteiger charge is -2.25. The third-order valence-corrected chi connectivity index (χ3v) is 4.00. The van der Waals surface area contributed by atoms with Gasteiger partial charge in [-0.15, -0.1) is 0 Å². The predicted molar refractivity (Wildman–Crippen MR) is 89.8 cm³/mol. The van der Waals surface area contributed by atoms with Crippen molar-refractivity contribution in [1.29, 1.82) is 0 Å². The van der Waals surface area contributed by atoms with Crippen molar-refractivity contribution in [2.24, 2.45) is 0 Å². The molecule has 1 aliphatic heterocycles. The maximum Gasteiger partial charge on any atom is 0.274 e. The van der Waals surface area contributed by atoms with Gasteiger partial charge in [-0.25, -0.2) is 0 Å². The summed E-state index contributed by atoms with van der Waals surface area (Å²) in [6.45, 7) is 4.53. The molecule has 8 nitrogen and oxygen atoms in total. The zero-order valence-electron chi connectivity index (χ0n) is 14.1. The molecular weight excluding hydrogens is 322 g/mol. The van der Waals surface area contributed by atoms with Gasteiger partial charge in [-0.1, -0.05) is 6.07 Å². The van der Waals surface area contributed by atoms with E-state index in [9.17, 15) is 9.59 Å². The molecule has 0 unspecified atom stereocenters. The van der Waals surface area contributed by atoms with Gasteiger partial charge in [-0.3, -0.25) is 19.3 Å². The lowest BCUT2D eigenvalue weighted by Crippen LogP contribution is -2.40. The highest BCUT2D eigenvalue weighted by Crippen LogP contribution is 2.09. The number of amides is 2. The molecule has 1 fully saturated rings. The van der Waals surface area contributed by atoms with Crippen molar-refractivity contribution in [3.63, 3.8) is 0 Å². The summed E-state index contributed by atoms with van der Waals surface area (Å²) < 4.78 is 6.80. The molecule has 0 bridgehead atoms. The average Bonchev–Trinajstić information content (AvgIpc) is 3.01. The van der Waals surface area contributed by atoms with Gasteiger partial charge < -0.3 is 15.0 Å². The van der Waals surface area contributed by atoms with Crippen LogP contribution in [-0.2, 0) is 22.6 Å². The van der Waals surface area contributed by atoms with E-state index in [-0.39, 0.29) is 18.4 Å². The summed E-state index contributed by atoms with van der Waals surface area (Å²) in [6, 6.07) is 5.43. The SMILES string of the molecule is Cc1cc(C(=O)N2CCOCC2)nn1CC(=O)NCc1cccnc1. The van der Waals surface area contributed by atoms with Crippen molar-refractivity contribution >= 4 is 11.8 Å². The normalized spacial score (nSPS) is 14.4. The molecule has 0 saturated carbocycles. The van der Waals surface area contributed by atoms with Crippen LogP contribution in [0.5, 0.6) is 0 Å². The minimum Gasteiger partial charge on any atom is -0.378 e. The molecule has 3 heterocycles. The fourth-order valence-corrected chi connectivity index (χ4v) is 2.60. The average molecular weight is 343 g/mol. The number of carbonyl (C=O) groups is 2. The molecule has 0 atom stereocenters. The number of aryl methyl sites for hydroxylation is 1. The molecule has 1 N–H and O–H groups in total. The molecule has 1 aliphatic rings. The lowest BCUT2D eigenvalue weighted by atomic mass is 10.3. The van der Waals surface area contributed by atoms with Crippen LogP contribution in [0.2, 0.25) is 0 Å². The lowest BCUT2D eigenvalue weighted by molar-refractivity contribution is -0.122. The summed E-state index contributed by atoms with van der Waals surface area (Å²) in [6.07, 6.45) is 3.39. The molecule has 8 heteroatoms. The number of nitrogens with zero attached hydrogens (tertiary/aromatic N) is 4. The smallest absolute Gasteiger partial charge is 0.274 e. The molecule has 2 aromatic heterocycles. The van der Waals surface area contributed by atoms with E-state index in [0.29, 0.717) is 38.5 Å². The summed E-state index contributed by atoms with van der Waals surface area (Å²) in [5.41, 5.74) is 2.06. The molecule has 0 radical (unpaired) electrons. The van der Waals surface area contributed by atoms with Gasteiger partial charge in [0.05, 0.1) is 13.2 Å². The van der Waals surface area contributed by atoms with Gasteiger partial charge in [0.1, 0.15) is 6.54 Å². The summed E-state index contributed by atoms with van der Waals surface area (Å²) >= 11 is 0. The number of pyridine rings is 1. The number of hydrogen-bond donors (Lipinski definition) is 1. The third-order valence-electron chi connectivity index (χ3n) is 4.00. The maximum atomic E-state index is 12.4. The number of ether oxygens (including phenoxy) is 1. The Morgan fingerprint density at radius 3 is 2.84 bits per heavy atom. The van der Waals surface area contributed by atoms with E-state index in [1.54, 1.807) is 28.0 Å². The van der Waals surface area contributed by atoms with Gasteiger partial charge in [0.15, 0.2) is 5.69 Å². The van der Waals surface area contributed by atoms with Crippen LogP contribution in [0.15, 0.2) is 30.6 Å². The Morgan fingerprint density at radius 1 is 1.32 bits per heavy atom. The van der Waals surface area contributed by atoms with E-state index >= 15 is 0 Å². The van der Waals surface area contributed by atoms with E-state index in [2.05, 4.69) is 15.4 Å². The summed E-state index contributed by atoms with van der Waals surface area (Å²) in [5, 5.41) is 7.12. The van der Waals surface area contributed by atoms with Crippen LogP contribution < -0.4 is 5.32 Å². The molecule has 1 saturated heterocycles. The second-order valence-corrected chi connectivity index (χ2v) is 5.87. The highest BCUT2D eigenvalue weighted by molar-refractivity contribution is 5.92. The van der Waals surface area contributed by atoms with E-state index in [0.717, 1.165) is 11.3 Å². The van der Waals surface area contributed by atoms with Crippen molar-refractivity contribution in [3.8, 4) is 0 Å². The topological polar surface area (TPSA) is 89.4 Å². The van der Waals surface area contributed by atoms with Crippen LogP contribution in [0.3, 0.4) is 0 Å². The van der Waals surface area contributed by atoms with Gasteiger partial charge in [0.2, 0.25) is 5.91 Å². The minimum atomic E-state index is -0.166. The largest absolute Gasteiger partial charge is 0.378 e. The number of rotatable bonds is 5. The van der Waals surface area contributed by atoms with Crippen LogP contribution >= 0.6 is 0 Å². The third kappa shape index (κ3) is 4.42. The van der Waals surface area contributed by atoms with E-state index in [4.69, 9.17) is 4.74 Å². The molecule has 25 heavy (non-hydrogen) atoms. The molecular formula is C17H21N5O3. The van der Waals surface area contributed by atoms with Crippen molar-refractivity contribution in [3.05, 3.63) is 47.5 Å². The Labute approximate surface area is 145 Å². The fourth-order valence-electron chi connectivity index (χ4n) is 2.60. The standard InChI is InChI=1S/C17H21N5O3/c1-13-9-15(17(24)21-5-7-25-8-6-21)20-22(13)12-16(23)19-11-14-3-2-4-18-10-14/h2-4,9-10H,5-8,11-12H2,1H3,(H,19,23). The predicted octanol–water partition coefficient (Wildman–Crippen LogP) is 0.375. The Bertz CT molecular complexity index is 738. The first-order valence-electron chi connectivity index (χ1n) is 8.20. The molecule has 2 aromatic rings. The van der Waals surface area contributed by atoms with Crippen LogP contribution in [0.1, 0.15) is 21.7 Å². The zero-order valence-corrected chi connectivity index (χ0v) is 14.1. The number of aromatic nitrogens is 3. The molecule has 0 spiro atoms. The van der Waals surface area contributed by atoms with Crippen LogP contribution in [0, 0.1) is 6.92 Å². The molecule has 3 rings (SSSR count). The number of nitrogens with one attached hydrogen (secondary N) is 1. The van der Waals surface area contributed by atoms with Crippen LogP contribution in [0.4, 0.5) is 0 Å².